The first-order valence-corrected chi connectivity index (χ1v) is 23.9. The van der Waals surface area contributed by atoms with Gasteiger partial charge in [0, 0.05) is 63.3 Å². The third-order valence-corrected chi connectivity index (χ3v) is 15.5. The van der Waals surface area contributed by atoms with Crippen LogP contribution < -0.4 is 0 Å². The van der Waals surface area contributed by atoms with Gasteiger partial charge in [0.15, 0.2) is 0 Å². The SMILES string of the molecule is [C-]#[N+]c1c(-n2c3ccccc3c3ccccc32)c(-n2c3ccccc3c3ccccc32)c(-n2c3ccccc3c3ccccc32)c(C#N)c1-n1c2ccccc2c2c3c(ccc21)sc1ccccc13. The average molecular weight is 895 g/mol. The van der Waals surface area contributed by atoms with Gasteiger partial charge in [-0.25, -0.2) is 4.85 Å². The maximum Gasteiger partial charge on any atom is 0.237 e. The quantitative estimate of drug-likeness (QED) is 0.162. The fraction of sp³-hybridized carbons (Fsp3) is 0. The molecule has 0 aliphatic rings. The Morgan fingerprint density at radius 1 is 0.333 bits per heavy atom. The second-order valence-corrected chi connectivity index (χ2v) is 18.8. The van der Waals surface area contributed by atoms with Crippen LogP contribution in [0.15, 0.2) is 206 Å². The number of hydrogen-bond acceptors (Lipinski definition) is 2. The monoisotopic (exact) mass is 894 g/mol. The number of thiophene rings is 1. The van der Waals surface area contributed by atoms with Gasteiger partial charge in [-0.2, -0.15) is 5.26 Å². The highest BCUT2D eigenvalue weighted by atomic mass is 32.1. The van der Waals surface area contributed by atoms with Gasteiger partial charge in [0.1, 0.15) is 6.07 Å². The predicted molar refractivity (Wildman–Crippen MR) is 288 cm³/mol. The fourth-order valence-corrected chi connectivity index (χ4v) is 12.9. The number of hydrogen-bond donors (Lipinski definition) is 0. The lowest BCUT2D eigenvalue weighted by Gasteiger charge is -2.27. The molecule has 0 spiro atoms. The van der Waals surface area contributed by atoms with Crippen molar-refractivity contribution < 1.29 is 0 Å². The van der Waals surface area contributed by atoms with Crippen LogP contribution >= 0.6 is 11.3 Å². The minimum atomic E-state index is 0.373. The lowest BCUT2D eigenvalue weighted by Crippen LogP contribution is -2.14. The third kappa shape index (κ3) is 4.91. The maximum absolute atomic E-state index is 12.4. The zero-order valence-corrected chi connectivity index (χ0v) is 37.5. The van der Waals surface area contributed by atoms with E-state index < -0.39 is 0 Å². The van der Waals surface area contributed by atoms with E-state index in [4.69, 9.17) is 4.85 Å². The van der Waals surface area contributed by atoms with E-state index in [1.165, 1.54) is 20.2 Å². The van der Waals surface area contributed by atoms with Crippen molar-refractivity contribution in [3.8, 4) is 28.8 Å². The topological polar surface area (TPSA) is 47.9 Å². The third-order valence-electron chi connectivity index (χ3n) is 14.4. The molecule has 7 heteroatoms. The Morgan fingerprint density at radius 3 is 1.14 bits per heavy atom. The molecule has 0 aliphatic carbocycles. The van der Waals surface area contributed by atoms with Crippen molar-refractivity contribution in [2.45, 2.75) is 0 Å². The molecule has 0 atom stereocenters. The number of benzene rings is 10. The van der Waals surface area contributed by atoms with Crippen molar-refractivity contribution in [2.24, 2.45) is 0 Å². The highest BCUT2D eigenvalue weighted by Gasteiger charge is 2.34. The summed E-state index contributed by atoms with van der Waals surface area (Å²) in [7, 11) is 0. The Kier molecular flexibility index (Phi) is 7.70. The number of nitrogens with zero attached hydrogens (tertiary/aromatic N) is 6. The van der Waals surface area contributed by atoms with Crippen molar-refractivity contribution >= 4 is 124 Å². The van der Waals surface area contributed by atoms with Crippen LogP contribution in [-0.2, 0) is 0 Å². The van der Waals surface area contributed by atoms with Gasteiger partial charge >= 0.3 is 0 Å². The van der Waals surface area contributed by atoms with Crippen LogP contribution in [0, 0.1) is 17.9 Å². The molecule has 0 unspecified atom stereocenters. The molecule has 5 heterocycles. The largest absolute Gasteiger partial charge is 0.317 e. The Balaban J connectivity index is 1.28. The van der Waals surface area contributed by atoms with Crippen molar-refractivity contribution in [2.75, 3.05) is 0 Å². The lowest BCUT2D eigenvalue weighted by molar-refractivity contribution is 1.03. The molecule has 0 bridgehead atoms. The van der Waals surface area contributed by atoms with E-state index in [1.807, 2.05) is 0 Å². The van der Waals surface area contributed by atoms with E-state index >= 15 is 0 Å². The molecule has 0 amide bonds. The summed E-state index contributed by atoms with van der Waals surface area (Å²) in [5.41, 5.74) is 11.1. The fourth-order valence-electron chi connectivity index (χ4n) is 11.8. The van der Waals surface area contributed by atoms with Gasteiger partial charge in [0.2, 0.25) is 5.69 Å². The molecule has 318 valence electrons. The van der Waals surface area contributed by atoms with Crippen LogP contribution in [0.4, 0.5) is 5.69 Å². The second-order valence-electron chi connectivity index (χ2n) is 17.7. The van der Waals surface area contributed by atoms with Crippen LogP contribution in [0.3, 0.4) is 0 Å². The number of para-hydroxylation sites is 7. The molecule has 5 aromatic heterocycles. The van der Waals surface area contributed by atoms with Gasteiger partial charge < -0.3 is 18.3 Å². The van der Waals surface area contributed by atoms with E-state index in [-0.39, 0.29) is 0 Å². The van der Waals surface area contributed by atoms with Crippen LogP contribution in [0.2, 0.25) is 0 Å². The first-order chi connectivity index (χ1) is 34.2. The smallest absolute Gasteiger partial charge is 0.237 e. The molecule has 69 heavy (non-hydrogen) atoms. The molecule has 15 rings (SSSR count). The summed E-state index contributed by atoms with van der Waals surface area (Å²) in [6, 6.07) is 75.5. The van der Waals surface area contributed by atoms with E-state index in [2.05, 4.69) is 231 Å². The average Bonchev–Trinajstić information content (AvgIpc) is 4.21. The van der Waals surface area contributed by atoms with Gasteiger partial charge in [-0.1, -0.05) is 146 Å². The van der Waals surface area contributed by atoms with Crippen molar-refractivity contribution in [3.05, 3.63) is 223 Å². The van der Waals surface area contributed by atoms with Crippen molar-refractivity contribution in [1.29, 1.82) is 5.26 Å². The summed E-state index contributed by atoms with van der Waals surface area (Å²) in [5.74, 6) is 0. The Labute approximate surface area is 398 Å². The summed E-state index contributed by atoms with van der Waals surface area (Å²) in [6.45, 7) is 9.68. The molecule has 6 nitrogen and oxygen atoms in total. The Hall–Kier alpha value is -9.40. The zero-order chi connectivity index (χ0) is 45.5. The van der Waals surface area contributed by atoms with Crippen LogP contribution in [0.25, 0.3) is 135 Å². The molecule has 0 N–H and O–H groups in total. The molecule has 10 aromatic carbocycles. The highest BCUT2D eigenvalue weighted by Crippen LogP contribution is 2.52. The van der Waals surface area contributed by atoms with Gasteiger partial charge in [-0.15, -0.1) is 11.3 Å². The van der Waals surface area contributed by atoms with Gasteiger partial charge in [0.05, 0.1) is 79.0 Å². The summed E-state index contributed by atoms with van der Waals surface area (Å²) in [6.07, 6.45) is 0. The lowest BCUT2D eigenvalue weighted by atomic mass is 10.0. The van der Waals surface area contributed by atoms with Crippen molar-refractivity contribution in [3.63, 3.8) is 0 Å². The molecule has 0 radical (unpaired) electrons. The molecular formula is C62H34N6S. The minimum absolute atomic E-state index is 0.373. The molecule has 0 saturated carbocycles. The normalized spacial score (nSPS) is 12.0. The summed E-state index contributed by atoms with van der Waals surface area (Å²) in [5, 5.41) is 23.4. The van der Waals surface area contributed by atoms with E-state index in [9.17, 15) is 11.8 Å². The Bertz CT molecular complexity index is 4510. The Morgan fingerprint density at radius 2 is 0.696 bits per heavy atom. The van der Waals surface area contributed by atoms with Gasteiger partial charge in [-0.3, -0.25) is 0 Å². The second kappa shape index (κ2) is 14.1. The standard InChI is InChI=1S/C62H34N6S/c1-64-58-59(68-52-32-16-8-24-43(52)56-53(68)34-35-55-57(56)44-25-9-17-33-54(44)69-55)45(36-63)60(65-46-26-10-2-18-37(46)38-19-3-11-27-47(38)65)62(67-50-30-14-6-22-41(50)42-23-7-15-31-51(42)67)61(58)66-48-28-12-4-20-39(48)40-21-5-13-29-49(40)66/h2-35H. The number of rotatable bonds is 4. The molecule has 0 fully saturated rings. The number of aromatic nitrogens is 4. The predicted octanol–water partition coefficient (Wildman–Crippen LogP) is 16.9. The van der Waals surface area contributed by atoms with E-state index in [1.54, 1.807) is 11.3 Å². The van der Waals surface area contributed by atoms with Crippen LogP contribution in [0.1, 0.15) is 5.56 Å². The molecule has 0 saturated heterocycles. The summed E-state index contributed by atoms with van der Waals surface area (Å²) in [4.78, 5) is 4.73. The van der Waals surface area contributed by atoms with Crippen LogP contribution in [-0.4, -0.2) is 18.3 Å². The van der Waals surface area contributed by atoms with Crippen molar-refractivity contribution in [1.82, 2.24) is 18.3 Å². The molecular weight excluding hydrogens is 861 g/mol. The minimum Gasteiger partial charge on any atom is -0.317 e. The number of fused-ring (bicyclic) bond motifs is 16. The first-order valence-electron chi connectivity index (χ1n) is 23.0. The van der Waals surface area contributed by atoms with Gasteiger partial charge in [0.25, 0.3) is 0 Å². The maximum atomic E-state index is 12.4. The summed E-state index contributed by atoms with van der Waals surface area (Å²) >= 11 is 1.79. The highest BCUT2D eigenvalue weighted by molar-refractivity contribution is 7.26. The zero-order valence-electron chi connectivity index (χ0n) is 36.7. The van der Waals surface area contributed by atoms with E-state index in [0.717, 1.165) is 92.9 Å². The first kappa shape index (κ1) is 37.8. The van der Waals surface area contributed by atoms with E-state index in [0.29, 0.717) is 28.3 Å². The molecule has 0 aliphatic heterocycles. The van der Waals surface area contributed by atoms with Crippen LogP contribution in [0.5, 0.6) is 0 Å². The van der Waals surface area contributed by atoms with Gasteiger partial charge in [-0.05, 0) is 60.7 Å². The molecule has 15 aromatic rings. The number of nitriles is 1. The summed E-state index contributed by atoms with van der Waals surface area (Å²) < 4.78 is 11.6.